The summed E-state index contributed by atoms with van der Waals surface area (Å²) in [6.45, 7) is -0.0292. The molecule has 0 saturated heterocycles. The third-order valence-electron chi connectivity index (χ3n) is 4.27. The van der Waals surface area contributed by atoms with Gasteiger partial charge in [0.15, 0.2) is 11.6 Å². The van der Waals surface area contributed by atoms with Crippen LogP contribution in [-0.2, 0) is 22.8 Å². The van der Waals surface area contributed by atoms with Crippen molar-refractivity contribution in [2.24, 2.45) is 0 Å². The molecule has 0 unspecified atom stereocenters. The van der Waals surface area contributed by atoms with E-state index >= 15 is 0 Å². The van der Waals surface area contributed by atoms with Gasteiger partial charge in [0.2, 0.25) is 5.78 Å². The maximum Gasteiger partial charge on any atom is 0.453 e. The summed E-state index contributed by atoms with van der Waals surface area (Å²) in [4.78, 5) is 11.9. The highest BCUT2D eigenvalue weighted by atomic mass is 79.9. The molecule has 3 heterocycles. The maximum atomic E-state index is 13.4. The van der Waals surface area contributed by atoms with Crippen LogP contribution in [-0.4, -0.2) is 50.9 Å². The molecule has 0 atom stereocenters. The van der Waals surface area contributed by atoms with Crippen LogP contribution in [0, 0.1) is 0 Å². The fourth-order valence-electron chi connectivity index (χ4n) is 2.90. The van der Waals surface area contributed by atoms with Crippen molar-refractivity contribution in [3.63, 3.8) is 0 Å². The quantitative estimate of drug-likeness (QED) is 0.339. The number of alkyl halides is 3. The number of rotatable bonds is 6. The first-order valence-electron chi connectivity index (χ1n) is 9.03. The summed E-state index contributed by atoms with van der Waals surface area (Å²) in [5, 5.41) is 3.63. The maximum absolute atomic E-state index is 13.4. The average Bonchev–Trinajstić information content (AvgIpc) is 3.29. The van der Waals surface area contributed by atoms with Gasteiger partial charge in [-0.15, -0.1) is 5.10 Å². The highest BCUT2D eigenvalue weighted by Gasteiger charge is 2.38. The van der Waals surface area contributed by atoms with Gasteiger partial charge in [-0.1, -0.05) is 12.1 Å². The van der Waals surface area contributed by atoms with Gasteiger partial charge in [-0.25, -0.2) is 19.6 Å². The zero-order valence-electron chi connectivity index (χ0n) is 16.9. The molecule has 0 radical (unpaired) electrons. The molecule has 4 rings (SSSR count). The smallest absolute Gasteiger partial charge is 0.453 e. The molecular formula is C18H14BrF3N6O4S. The number of benzene rings is 1. The van der Waals surface area contributed by atoms with E-state index in [9.17, 15) is 21.6 Å². The molecule has 1 aromatic carbocycles. The number of halogens is 4. The van der Waals surface area contributed by atoms with Gasteiger partial charge in [-0.05, 0) is 33.6 Å². The minimum Gasteiger partial charge on any atom is -0.497 e. The van der Waals surface area contributed by atoms with E-state index in [-0.39, 0.29) is 34.2 Å². The van der Waals surface area contributed by atoms with Crippen molar-refractivity contribution < 1.29 is 30.5 Å². The third kappa shape index (κ3) is 4.93. The first-order valence-corrected chi connectivity index (χ1v) is 11.6. The molecule has 10 nitrogen and oxygen atoms in total. The second kappa shape index (κ2) is 8.30. The van der Waals surface area contributed by atoms with Crippen molar-refractivity contribution in [2.45, 2.75) is 12.7 Å². The van der Waals surface area contributed by atoms with Crippen LogP contribution in [0.4, 0.5) is 13.2 Å². The molecule has 0 bridgehead atoms. The normalized spacial score (nSPS) is 12.3. The number of fused-ring (bicyclic) bond motifs is 1. The summed E-state index contributed by atoms with van der Waals surface area (Å²) >= 11 is 3.28. The van der Waals surface area contributed by atoms with Gasteiger partial charge in [-0.2, -0.15) is 21.6 Å². The lowest BCUT2D eigenvalue weighted by molar-refractivity contribution is -0.144. The van der Waals surface area contributed by atoms with Crippen molar-refractivity contribution in [1.29, 1.82) is 0 Å². The van der Waals surface area contributed by atoms with Crippen molar-refractivity contribution in [2.75, 3.05) is 13.4 Å². The molecule has 0 saturated carbocycles. The Morgan fingerprint density at radius 2 is 1.82 bits per heavy atom. The zero-order chi connectivity index (χ0) is 24.0. The lowest BCUT2D eigenvalue weighted by Crippen LogP contribution is -2.09. The van der Waals surface area contributed by atoms with Gasteiger partial charge in [0.25, 0.3) is 5.82 Å². The van der Waals surface area contributed by atoms with E-state index in [1.807, 2.05) is 0 Å². The van der Waals surface area contributed by atoms with Crippen molar-refractivity contribution >= 4 is 31.8 Å². The summed E-state index contributed by atoms with van der Waals surface area (Å²) in [5.74, 6) is -0.935. The minimum atomic E-state index is -4.78. The minimum absolute atomic E-state index is 0.0236. The Morgan fingerprint density at radius 3 is 2.42 bits per heavy atom. The summed E-state index contributed by atoms with van der Waals surface area (Å²) < 4.78 is 75.3. The van der Waals surface area contributed by atoms with E-state index in [1.54, 1.807) is 24.3 Å². The van der Waals surface area contributed by atoms with Crippen LogP contribution in [0.2, 0.25) is 0 Å². The molecular weight excluding hydrogens is 533 g/mol. The second-order valence-electron chi connectivity index (χ2n) is 6.76. The number of ether oxygens (including phenoxy) is 1. The summed E-state index contributed by atoms with van der Waals surface area (Å²) in [5.41, 5.74) is 0.674. The lowest BCUT2D eigenvalue weighted by Gasteiger charge is -2.06. The van der Waals surface area contributed by atoms with Crippen molar-refractivity contribution in [3.8, 4) is 23.0 Å². The van der Waals surface area contributed by atoms with E-state index < -0.39 is 22.1 Å². The van der Waals surface area contributed by atoms with Crippen LogP contribution in [0.1, 0.15) is 11.4 Å². The largest absolute Gasteiger partial charge is 0.497 e. The van der Waals surface area contributed by atoms with E-state index in [0.717, 1.165) is 17.1 Å². The molecule has 0 N–H and O–H groups in total. The Kier molecular flexibility index (Phi) is 5.78. The lowest BCUT2D eigenvalue weighted by atomic mass is 10.2. The van der Waals surface area contributed by atoms with Crippen LogP contribution < -0.4 is 8.92 Å². The van der Waals surface area contributed by atoms with Gasteiger partial charge in [-0.3, -0.25) is 4.40 Å². The molecule has 0 aliphatic rings. The average molecular weight is 547 g/mol. The Balaban J connectivity index is 1.81. The van der Waals surface area contributed by atoms with Gasteiger partial charge in [0.05, 0.1) is 32.3 Å². The molecule has 33 heavy (non-hydrogen) atoms. The van der Waals surface area contributed by atoms with Crippen LogP contribution in [0.15, 0.2) is 41.3 Å². The first-order chi connectivity index (χ1) is 15.4. The van der Waals surface area contributed by atoms with E-state index in [0.29, 0.717) is 11.3 Å². The summed E-state index contributed by atoms with van der Waals surface area (Å²) in [6.07, 6.45) is -1.51. The number of nitrogens with zero attached hydrogens (tertiary/aromatic N) is 6. The number of imidazole rings is 1. The summed E-state index contributed by atoms with van der Waals surface area (Å²) in [7, 11) is -2.31. The van der Waals surface area contributed by atoms with Crippen molar-refractivity contribution in [1.82, 2.24) is 29.1 Å². The Bertz CT molecular complexity index is 1430. The van der Waals surface area contributed by atoms with E-state index in [4.69, 9.17) is 8.92 Å². The molecule has 0 aliphatic carbocycles. The Hall–Kier alpha value is -3.20. The van der Waals surface area contributed by atoms with Gasteiger partial charge < -0.3 is 8.92 Å². The zero-order valence-corrected chi connectivity index (χ0v) is 19.3. The van der Waals surface area contributed by atoms with Crippen LogP contribution in [0.25, 0.3) is 17.3 Å². The topological polar surface area (TPSA) is 114 Å². The highest BCUT2D eigenvalue weighted by Crippen LogP contribution is 2.33. The molecule has 0 fully saturated rings. The van der Waals surface area contributed by atoms with E-state index in [1.165, 1.54) is 17.7 Å². The van der Waals surface area contributed by atoms with Crippen LogP contribution in [0.5, 0.6) is 11.5 Å². The second-order valence-corrected chi connectivity index (χ2v) is 9.09. The molecule has 0 aliphatic heterocycles. The third-order valence-corrected chi connectivity index (χ3v) is 5.53. The number of methoxy groups -OCH3 is 1. The van der Waals surface area contributed by atoms with Gasteiger partial charge >= 0.3 is 16.3 Å². The Morgan fingerprint density at radius 1 is 1.12 bits per heavy atom. The molecule has 3 aromatic heterocycles. The molecule has 4 aromatic rings. The number of hydrogen-bond acceptors (Lipinski definition) is 8. The molecule has 174 valence electrons. The standard InChI is InChI=1S/C18H14BrF3N6O4S/c1-31-11-5-3-10(4-6-11)8-28-15(25-16(26-28)18(20,21)22)13-14(19)27-9-12(32-33(2,29)30)7-23-17(27)24-13/h3-7,9H,8H2,1-2H3. The fraction of sp³-hybridized carbons (Fsp3) is 0.222. The Labute approximate surface area is 193 Å². The first kappa shape index (κ1) is 23.0. The van der Waals surface area contributed by atoms with Crippen LogP contribution in [0.3, 0.4) is 0 Å². The highest BCUT2D eigenvalue weighted by molar-refractivity contribution is 9.10. The molecule has 0 amide bonds. The number of aromatic nitrogens is 6. The van der Waals surface area contributed by atoms with Crippen molar-refractivity contribution in [3.05, 3.63) is 52.7 Å². The van der Waals surface area contributed by atoms with Gasteiger partial charge in [0, 0.05) is 0 Å². The predicted molar refractivity (Wildman–Crippen MR) is 112 cm³/mol. The van der Waals surface area contributed by atoms with Gasteiger partial charge in [0.1, 0.15) is 16.0 Å². The monoisotopic (exact) mass is 546 g/mol. The summed E-state index contributed by atoms with van der Waals surface area (Å²) in [6, 6.07) is 6.72. The molecule has 15 heteroatoms. The van der Waals surface area contributed by atoms with Crippen LogP contribution >= 0.6 is 15.9 Å². The van der Waals surface area contributed by atoms with E-state index in [2.05, 4.69) is 36.0 Å². The number of hydrogen-bond donors (Lipinski definition) is 0. The fourth-order valence-corrected chi connectivity index (χ4v) is 3.86. The SMILES string of the molecule is COc1ccc(Cn2nc(C(F)(F)F)nc2-c2nc3ncc(OS(C)(=O)=O)cn3c2Br)cc1. The predicted octanol–water partition coefficient (Wildman–Crippen LogP) is 3.16. The molecule has 0 spiro atoms.